The minimum atomic E-state index is -0.953. The van der Waals surface area contributed by atoms with Crippen LogP contribution in [-0.4, -0.2) is 37.6 Å². The molecular formula is C12H13N5O3. The van der Waals surface area contributed by atoms with Gasteiger partial charge in [-0.1, -0.05) is 35.4 Å². The number of amides is 1. The molecule has 0 fully saturated rings. The predicted molar refractivity (Wildman–Crippen MR) is 68.9 cm³/mol. The number of H-pyrrole nitrogens is 1. The maximum atomic E-state index is 11.8. The van der Waals surface area contributed by atoms with E-state index in [4.69, 9.17) is 5.11 Å². The molecule has 0 radical (unpaired) electrons. The molecular weight excluding hydrogens is 262 g/mol. The largest absolute Gasteiger partial charge is 0.481 e. The zero-order valence-electron chi connectivity index (χ0n) is 10.5. The van der Waals surface area contributed by atoms with Crippen molar-refractivity contribution in [3.05, 3.63) is 35.9 Å². The van der Waals surface area contributed by atoms with Crippen LogP contribution in [0.25, 0.3) is 0 Å². The molecule has 1 aromatic carbocycles. The van der Waals surface area contributed by atoms with Crippen LogP contribution >= 0.6 is 0 Å². The zero-order chi connectivity index (χ0) is 14.4. The number of carbonyl (C=O) groups excluding carboxylic acids is 1. The number of benzene rings is 1. The Hall–Kier alpha value is -2.77. The van der Waals surface area contributed by atoms with Gasteiger partial charge >= 0.3 is 5.97 Å². The number of carboxylic acid groups (broad SMARTS) is 1. The Morgan fingerprint density at radius 2 is 2.00 bits per heavy atom. The number of nitrogens with zero attached hydrogens (tertiary/aromatic N) is 3. The number of carbonyl (C=O) groups is 2. The Morgan fingerprint density at radius 3 is 2.60 bits per heavy atom. The molecule has 2 rings (SSSR count). The summed E-state index contributed by atoms with van der Waals surface area (Å²) >= 11 is 0. The van der Waals surface area contributed by atoms with Crippen LogP contribution in [0.2, 0.25) is 0 Å². The molecule has 0 saturated carbocycles. The average Bonchev–Trinajstić information content (AvgIpc) is 2.91. The van der Waals surface area contributed by atoms with Crippen LogP contribution in [0.3, 0.4) is 0 Å². The van der Waals surface area contributed by atoms with Gasteiger partial charge in [0, 0.05) is 12.3 Å². The highest BCUT2D eigenvalue weighted by Crippen LogP contribution is 2.23. The Kier molecular flexibility index (Phi) is 4.38. The number of anilines is 1. The van der Waals surface area contributed by atoms with Crippen LogP contribution in [0.5, 0.6) is 0 Å². The van der Waals surface area contributed by atoms with Gasteiger partial charge in [-0.25, -0.2) is 0 Å². The second-order valence-corrected chi connectivity index (χ2v) is 4.19. The normalized spacial score (nSPS) is 11.8. The van der Waals surface area contributed by atoms with Gasteiger partial charge in [-0.3, -0.25) is 14.9 Å². The lowest BCUT2D eigenvalue weighted by atomic mass is 9.92. The van der Waals surface area contributed by atoms with Crippen LogP contribution < -0.4 is 5.32 Å². The lowest BCUT2D eigenvalue weighted by molar-refractivity contribution is -0.137. The zero-order valence-corrected chi connectivity index (χ0v) is 10.5. The molecule has 0 aliphatic heterocycles. The fourth-order valence-electron chi connectivity index (χ4n) is 1.86. The molecule has 1 unspecified atom stereocenters. The van der Waals surface area contributed by atoms with E-state index in [2.05, 4.69) is 25.9 Å². The molecule has 0 saturated heterocycles. The van der Waals surface area contributed by atoms with E-state index in [0.717, 1.165) is 5.56 Å². The number of rotatable bonds is 6. The average molecular weight is 275 g/mol. The van der Waals surface area contributed by atoms with E-state index >= 15 is 0 Å². The molecule has 1 amide bonds. The first-order chi connectivity index (χ1) is 9.65. The topological polar surface area (TPSA) is 121 Å². The van der Waals surface area contributed by atoms with Crippen LogP contribution in [0.1, 0.15) is 24.3 Å². The molecule has 0 aliphatic carbocycles. The fraction of sp³-hybridized carbons (Fsp3) is 0.250. The van der Waals surface area contributed by atoms with E-state index in [-0.39, 0.29) is 24.7 Å². The molecule has 8 nitrogen and oxygen atoms in total. The monoisotopic (exact) mass is 275 g/mol. The molecule has 20 heavy (non-hydrogen) atoms. The lowest BCUT2D eigenvalue weighted by Gasteiger charge is -2.14. The SMILES string of the molecule is O=C(O)CC(CC(=O)Nc1nn[nH]n1)c1ccccc1. The highest BCUT2D eigenvalue weighted by atomic mass is 16.4. The summed E-state index contributed by atoms with van der Waals surface area (Å²) < 4.78 is 0. The number of hydrogen-bond acceptors (Lipinski definition) is 5. The van der Waals surface area contributed by atoms with Gasteiger partial charge in [-0.15, -0.1) is 5.10 Å². The van der Waals surface area contributed by atoms with Crippen LogP contribution in [0.15, 0.2) is 30.3 Å². The van der Waals surface area contributed by atoms with Crippen molar-refractivity contribution >= 4 is 17.8 Å². The first-order valence-corrected chi connectivity index (χ1v) is 5.95. The number of aromatic amines is 1. The molecule has 1 aromatic heterocycles. The van der Waals surface area contributed by atoms with Gasteiger partial charge in [-0.2, -0.15) is 5.21 Å². The second-order valence-electron chi connectivity index (χ2n) is 4.19. The van der Waals surface area contributed by atoms with E-state index in [1.165, 1.54) is 0 Å². The number of aromatic nitrogens is 4. The first kappa shape index (κ1) is 13.7. The second kappa shape index (κ2) is 6.41. The van der Waals surface area contributed by atoms with Crippen molar-refractivity contribution in [2.75, 3.05) is 5.32 Å². The lowest BCUT2D eigenvalue weighted by Crippen LogP contribution is -2.18. The third-order valence-electron chi connectivity index (χ3n) is 2.72. The third kappa shape index (κ3) is 3.87. The summed E-state index contributed by atoms with van der Waals surface area (Å²) in [5, 5.41) is 24.1. The summed E-state index contributed by atoms with van der Waals surface area (Å²) in [6, 6.07) is 9.05. The maximum Gasteiger partial charge on any atom is 0.303 e. The minimum Gasteiger partial charge on any atom is -0.481 e. The quantitative estimate of drug-likeness (QED) is 0.716. The summed E-state index contributed by atoms with van der Waals surface area (Å²) in [4.78, 5) is 22.8. The summed E-state index contributed by atoms with van der Waals surface area (Å²) in [6.07, 6.45) is -0.0888. The molecule has 0 bridgehead atoms. The molecule has 0 aliphatic rings. The fourth-order valence-corrected chi connectivity index (χ4v) is 1.86. The van der Waals surface area contributed by atoms with Crippen molar-refractivity contribution < 1.29 is 14.7 Å². The highest BCUT2D eigenvalue weighted by Gasteiger charge is 2.19. The van der Waals surface area contributed by atoms with Gasteiger partial charge in [0.05, 0.1) is 6.42 Å². The van der Waals surface area contributed by atoms with Gasteiger partial charge < -0.3 is 5.11 Å². The number of hydrogen-bond donors (Lipinski definition) is 3. The van der Waals surface area contributed by atoms with Crippen LogP contribution in [0, 0.1) is 0 Å². The predicted octanol–water partition coefficient (Wildman–Crippen LogP) is 0.787. The summed E-state index contributed by atoms with van der Waals surface area (Å²) in [5.41, 5.74) is 0.804. The van der Waals surface area contributed by atoms with E-state index in [0.29, 0.717) is 0 Å². The number of nitrogens with one attached hydrogen (secondary N) is 2. The minimum absolute atomic E-state index is 0.0326. The van der Waals surface area contributed by atoms with Gasteiger partial charge in [-0.05, 0) is 10.8 Å². The smallest absolute Gasteiger partial charge is 0.303 e. The van der Waals surface area contributed by atoms with Crippen molar-refractivity contribution in [1.29, 1.82) is 0 Å². The molecule has 104 valence electrons. The van der Waals surface area contributed by atoms with Gasteiger partial charge in [0.15, 0.2) is 0 Å². The van der Waals surface area contributed by atoms with Crippen molar-refractivity contribution in [2.24, 2.45) is 0 Å². The standard InChI is InChI=1S/C12H13N5O3/c18-10(13-12-14-16-17-15-12)6-9(7-11(19)20)8-4-2-1-3-5-8/h1-5,9H,6-7H2,(H,19,20)(H2,13,14,15,16,17,18). The number of tetrazole rings is 1. The van der Waals surface area contributed by atoms with Crippen molar-refractivity contribution in [3.8, 4) is 0 Å². The summed E-state index contributed by atoms with van der Waals surface area (Å²) in [5.74, 6) is -1.65. The Morgan fingerprint density at radius 1 is 1.25 bits per heavy atom. The van der Waals surface area contributed by atoms with Crippen molar-refractivity contribution in [1.82, 2.24) is 20.6 Å². The molecule has 2 aromatic rings. The Bertz CT molecular complexity index is 570. The summed E-state index contributed by atoms with van der Waals surface area (Å²) in [7, 11) is 0. The van der Waals surface area contributed by atoms with Gasteiger partial charge in [0.2, 0.25) is 5.91 Å². The van der Waals surface area contributed by atoms with E-state index in [1.807, 2.05) is 6.07 Å². The van der Waals surface area contributed by atoms with Crippen molar-refractivity contribution in [3.63, 3.8) is 0 Å². The molecule has 3 N–H and O–H groups in total. The highest BCUT2D eigenvalue weighted by molar-refractivity contribution is 5.89. The molecule has 1 atom stereocenters. The third-order valence-corrected chi connectivity index (χ3v) is 2.72. The Balaban J connectivity index is 2.04. The molecule has 1 heterocycles. The van der Waals surface area contributed by atoms with E-state index < -0.39 is 11.9 Å². The number of aliphatic carboxylic acids is 1. The van der Waals surface area contributed by atoms with E-state index in [1.54, 1.807) is 24.3 Å². The van der Waals surface area contributed by atoms with Gasteiger partial charge in [0.25, 0.3) is 5.95 Å². The van der Waals surface area contributed by atoms with Crippen molar-refractivity contribution in [2.45, 2.75) is 18.8 Å². The van der Waals surface area contributed by atoms with Crippen LogP contribution in [0.4, 0.5) is 5.95 Å². The summed E-state index contributed by atoms with van der Waals surface area (Å²) in [6.45, 7) is 0. The molecule has 0 spiro atoms. The van der Waals surface area contributed by atoms with E-state index in [9.17, 15) is 9.59 Å². The van der Waals surface area contributed by atoms with Gasteiger partial charge in [0.1, 0.15) is 0 Å². The molecule has 8 heteroatoms. The maximum absolute atomic E-state index is 11.8. The first-order valence-electron chi connectivity index (χ1n) is 5.95. The number of carboxylic acids is 1. The van der Waals surface area contributed by atoms with Crippen LogP contribution in [-0.2, 0) is 9.59 Å². The Labute approximate surface area is 114 Å².